The summed E-state index contributed by atoms with van der Waals surface area (Å²) < 4.78 is 7.01. The van der Waals surface area contributed by atoms with Crippen LogP contribution in [0, 0.1) is 16.7 Å². The minimum absolute atomic E-state index is 0.308. The van der Waals surface area contributed by atoms with Gasteiger partial charge < -0.3 is 19.6 Å². The number of piperidine rings is 1. The van der Waals surface area contributed by atoms with Gasteiger partial charge in [0.25, 0.3) is 0 Å². The van der Waals surface area contributed by atoms with Gasteiger partial charge in [0.05, 0.1) is 18.8 Å². The fourth-order valence-electron chi connectivity index (χ4n) is 4.99. The fraction of sp³-hybridized carbons (Fsp3) is 0.478. The number of nitrogens with zero attached hydrogens (tertiary/aromatic N) is 7. The van der Waals surface area contributed by atoms with E-state index in [0.29, 0.717) is 23.3 Å². The third-order valence-corrected chi connectivity index (χ3v) is 6.99. The predicted octanol–water partition coefficient (Wildman–Crippen LogP) is 2.03. The van der Waals surface area contributed by atoms with E-state index in [1.807, 2.05) is 18.2 Å². The fourth-order valence-corrected chi connectivity index (χ4v) is 4.99. The van der Waals surface area contributed by atoms with E-state index in [4.69, 9.17) is 10.00 Å². The van der Waals surface area contributed by atoms with Crippen molar-refractivity contribution in [3.05, 3.63) is 47.8 Å². The normalized spacial score (nSPS) is 19.3. The molecule has 1 aromatic carbocycles. The molecule has 9 heteroatoms. The van der Waals surface area contributed by atoms with Crippen molar-refractivity contribution in [1.29, 1.82) is 5.26 Å². The third kappa shape index (κ3) is 3.87. The Morgan fingerprint density at radius 1 is 1.19 bits per heavy atom. The Balaban J connectivity index is 1.18. The van der Waals surface area contributed by atoms with Gasteiger partial charge in [-0.05, 0) is 67.6 Å². The summed E-state index contributed by atoms with van der Waals surface area (Å²) in [7, 11) is 1.54. The molecular weight excluding hydrogens is 406 g/mol. The van der Waals surface area contributed by atoms with E-state index in [2.05, 4.69) is 31.2 Å². The Hall–Kier alpha value is -3.22. The number of β-amino-alcohol motifs (C(OH)–C–C–N with tert-alkyl or cyclic N) is 1. The third-order valence-electron chi connectivity index (χ3n) is 6.99. The molecule has 9 nitrogen and oxygen atoms in total. The molecule has 3 aromatic rings. The summed E-state index contributed by atoms with van der Waals surface area (Å²) in [6.45, 7) is 4.54. The highest BCUT2D eigenvalue weighted by atomic mass is 16.5. The SMILES string of the molecule is COc1cc(C(O)CN2CCC3(CC2)CCN(c2ccc4nncn4n2)C3)ccc1C#N. The van der Waals surface area contributed by atoms with Crippen molar-refractivity contribution >= 4 is 11.5 Å². The van der Waals surface area contributed by atoms with Crippen LogP contribution in [0.15, 0.2) is 36.7 Å². The lowest BCUT2D eigenvalue weighted by Crippen LogP contribution is -2.43. The number of likely N-dealkylation sites (tertiary alicyclic amines) is 1. The van der Waals surface area contributed by atoms with E-state index in [9.17, 15) is 5.11 Å². The van der Waals surface area contributed by atoms with E-state index in [1.54, 1.807) is 30.1 Å². The molecule has 4 heterocycles. The van der Waals surface area contributed by atoms with Crippen molar-refractivity contribution < 1.29 is 9.84 Å². The van der Waals surface area contributed by atoms with Gasteiger partial charge in [0.2, 0.25) is 0 Å². The number of aliphatic hydroxyl groups excluding tert-OH is 1. The molecule has 1 spiro atoms. The molecule has 0 amide bonds. The lowest BCUT2D eigenvalue weighted by atomic mass is 9.77. The molecule has 2 aliphatic rings. The number of methoxy groups -OCH3 is 1. The summed E-state index contributed by atoms with van der Waals surface area (Å²) >= 11 is 0. The molecule has 5 rings (SSSR count). The Labute approximate surface area is 186 Å². The molecule has 166 valence electrons. The summed E-state index contributed by atoms with van der Waals surface area (Å²) in [5.74, 6) is 1.48. The second-order valence-corrected chi connectivity index (χ2v) is 8.88. The molecule has 2 saturated heterocycles. The Morgan fingerprint density at radius 2 is 2.00 bits per heavy atom. The van der Waals surface area contributed by atoms with Crippen molar-refractivity contribution in [2.75, 3.05) is 44.7 Å². The average molecular weight is 434 g/mol. The van der Waals surface area contributed by atoms with Gasteiger partial charge in [0, 0.05) is 19.6 Å². The van der Waals surface area contributed by atoms with Crippen LogP contribution in [0.4, 0.5) is 5.82 Å². The van der Waals surface area contributed by atoms with E-state index in [-0.39, 0.29) is 0 Å². The molecule has 32 heavy (non-hydrogen) atoms. The first-order chi connectivity index (χ1) is 15.6. The minimum atomic E-state index is -0.606. The monoisotopic (exact) mass is 433 g/mol. The van der Waals surface area contributed by atoms with Crippen LogP contribution < -0.4 is 9.64 Å². The standard InChI is InChI=1S/C23H27N7O2/c1-32-20-12-17(2-3-18(20)13-24)19(31)14-28-9-6-23(7-10-28)8-11-29(15-23)22-5-4-21-26-25-16-30(21)27-22/h2-5,12,16,19,31H,6-11,14-15H2,1H3. The highest BCUT2D eigenvalue weighted by Crippen LogP contribution is 2.41. The van der Waals surface area contributed by atoms with Gasteiger partial charge >= 0.3 is 0 Å². The summed E-state index contributed by atoms with van der Waals surface area (Å²) in [6.07, 6.45) is 4.42. The van der Waals surface area contributed by atoms with E-state index >= 15 is 0 Å². The number of fused-ring (bicyclic) bond motifs is 1. The van der Waals surface area contributed by atoms with Crippen LogP contribution in [0.1, 0.15) is 36.5 Å². The van der Waals surface area contributed by atoms with Crippen molar-refractivity contribution in [3.63, 3.8) is 0 Å². The Bertz CT molecular complexity index is 1150. The van der Waals surface area contributed by atoms with Crippen LogP contribution in [0.5, 0.6) is 5.75 Å². The zero-order valence-electron chi connectivity index (χ0n) is 18.2. The van der Waals surface area contributed by atoms with Gasteiger partial charge in [-0.1, -0.05) is 6.07 Å². The van der Waals surface area contributed by atoms with Crippen LogP contribution in [-0.4, -0.2) is 69.7 Å². The smallest absolute Gasteiger partial charge is 0.177 e. The van der Waals surface area contributed by atoms with E-state index < -0.39 is 6.10 Å². The van der Waals surface area contributed by atoms with E-state index in [0.717, 1.165) is 62.5 Å². The maximum Gasteiger partial charge on any atom is 0.177 e. The maximum absolute atomic E-state index is 10.8. The van der Waals surface area contributed by atoms with Crippen LogP contribution in [0.25, 0.3) is 5.65 Å². The lowest BCUT2D eigenvalue weighted by Gasteiger charge is -2.40. The maximum atomic E-state index is 10.8. The summed E-state index contributed by atoms with van der Waals surface area (Å²) in [5, 5.41) is 32.5. The number of aromatic nitrogens is 4. The summed E-state index contributed by atoms with van der Waals surface area (Å²) in [4.78, 5) is 4.71. The van der Waals surface area contributed by atoms with Crippen molar-refractivity contribution in [3.8, 4) is 11.8 Å². The molecule has 0 saturated carbocycles. The van der Waals surface area contributed by atoms with Crippen LogP contribution >= 0.6 is 0 Å². The summed E-state index contributed by atoms with van der Waals surface area (Å²) in [6, 6.07) is 11.4. The molecule has 0 aliphatic carbocycles. The number of nitriles is 1. The predicted molar refractivity (Wildman–Crippen MR) is 118 cm³/mol. The van der Waals surface area contributed by atoms with Gasteiger partial charge in [-0.2, -0.15) is 9.78 Å². The van der Waals surface area contributed by atoms with E-state index in [1.165, 1.54) is 0 Å². The van der Waals surface area contributed by atoms with Crippen LogP contribution in [-0.2, 0) is 0 Å². The molecule has 1 N–H and O–H groups in total. The molecule has 0 radical (unpaired) electrons. The number of hydrogen-bond acceptors (Lipinski definition) is 8. The number of hydrogen-bond donors (Lipinski definition) is 1. The summed E-state index contributed by atoms with van der Waals surface area (Å²) in [5.41, 5.74) is 2.33. The zero-order chi connectivity index (χ0) is 22.1. The van der Waals surface area contributed by atoms with Gasteiger partial charge in [-0.3, -0.25) is 0 Å². The molecule has 2 fully saturated rings. The molecule has 1 unspecified atom stereocenters. The van der Waals surface area contributed by atoms with Gasteiger partial charge in [0.1, 0.15) is 24.0 Å². The molecule has 0 bridgehead atoms. The number of benzene rings is 1. The second-order valence-electron chi connectivity index (χ2n) is 8.88. The topological polar surface area (TPSA) is 103 Å². The number of rotatable bonds is 5. The highest BCUT2D eigenvalue weighted by molar-refractivity contribution is 5.47. The first-order valence-corrected chi connectivity index (χ1v) is 11.0. The van der Waals surface area contributed by atoms with Gasteiger partial charge in [0.15, 0.2) is 5.65 Å². The van der Waals surface area contributed by atoms with Gasteiger partial charge in [-0.15, -0.1) is 15.3 Å². The molecule has 1 atom stereocenters. The van der Waals surface area contributed by atoms with Crippen LogP contribution in [0.3, 0.4) is 0 Å². The largest absolute Gasteiger partial charge is 0.495 e. The zero-order valence-corrected chi connectivity index (χ0v) is 18.2. The van der Waals surface area contributed by atoms with Crippen molar-refractivity contribution in [2.45, 2.75) is 25.4 Å². The lowest BCUT2D eigenvalue weighted by molar-refractivity contribution is 0.0650. The Morgan fingerprint density at radius 3 is 2.78 bits per heavy atom. The number of aliphatic hydroxyl groups is 1. The first-order valence-electron chi connectivity index (χ1n) is 11.0. The molecular formula is C23H27N7O2. The number of anilines is 1. The average Bonchev–Trinajstić information content (AvgIpc) is 3.47. The molecule has 2 aromatic heterocycles. The number of ether oxygens (including phenoxy) is 1. The van der Waals surface area contributed by atoms with Crippen molar-refractivity contribution in [1.82, 2.24) is 24.7 Å². The quantitative estimate of drug-likeness (QED) is 0.652. The van der Waals surface area contributed by atoms with Gasteiger partial charge in [-0.25, -0.2) is 0 Å². The first kappa shape index (κ1) is 20.7. The minimum Gasteiger partial charge on any atom is -0.495 e. The second kappa shape index (κ2) is 8.37. The Kier molecular flexibility index (Phi) is 5.41. The van der Waals surface area contributed by atoms with Crippen molar-refractivity contribution in [2.24, 2.45) is 5.41 Å². The highest BCUT2D eigenvalue weighted by Gasteiger charge is 2.41. The molecule has 2 aliphatic heterocycles. The van der Waals surface area contributed by atoms with Crippen LogP contribution in [0.2, 0.25) is 0 Å².